The summed E-state index contributed by atoms with van der Waals surface area (Å²) in [6.45, 7) is 2.76. The fraction of sp³-hybridized carbons (Fsp3) is 0.190. The second-order valence-corrected chi connectivity index (χ2v) is 6.59. The van der Waals surface area contributed by atoms with Crippen molar-refractivity contribution in [2.75, 3.05) is 13.9 Å². The van der Waals surface area contributed by atoms with E-state index < -0.39 is 0 Å². The summed E-state index contributed by atoms with van der Waals surface area (Å²) in [5.74, 6) is 2.22. The van der Waals surface area contributed by atoms with Gasteiger partial charge in [-0.15, -0.1) is 0 Å². The molecule has 2 aliphatic heterocycles. The van der Waals surface area contributed by atoms with E-state index in [4.69, 9.17) is 14.2 Å². The number of hydrogen-bond donors (Lipinski definition) is 1. The van der Waals surface area contributed by atoms with Crippen LogP contribution in [-0.4, -0.2) is 19.8 Å². The maximum absolute atomic E-state index is 12.3. The molecule has 5 nitrogen and oxygen atoms in total. The Balaban J connectivity index is 1.89. The van der Waals surface area contributed by atoms with Crippen LogP contribution in [0.2, 0.25) is 0 Å². The molecule has 26 heavy (non-hydrogen) atoms. The van der Waals surface area contributed by atoms with Crippen LogP contribution in [0, 0.1) is 6.92 Å². The third-order valence-corrected chi connectivity index (χ3v) is 5.01. The van der Waals surface area contributed by atoms with E-state index in [1.165, 1.54) is 0 Å². The van der Waals surface area contributed by atoms with Gasteiger partial charge in [-0.2, -0.15) is 0 Å². The van der Waals surface area contributed by atoms with Crippen molar-refractivity contribution in [3.8, 4) is 28.4 Å². The van der Waals surface area contributed by atoms with Gasteiger partial charge in [0.2, 0.25) is 6.79 Å². The van der Waals surface area contributed by atoms with Gasteiger partial charge >= 0.3 is 0 Å². The van der Waals surface area contributed by atoms with Gasteiger partial charge in [0, 0.05) is 17.5 Å². The molecule has 3 aromatic rings. The van der Waals surface area contributed by atoms with Crippen molar-refractivity contribution in [2.45, 2.75) is 13.5 Å². The number of nitrogens with one attached hydrogen (secondary N) is 1. The third kappa shape index (κ3) is 2.07. The minimum absolute atomic E-state index is 0.0376. The molecule has 0 radical (unpaired) electrons. The molecule has 1 N–H and O–H groups in total. The van der Waals surface area contributed by atoms with Crippen LogP contribution in [0.15, 0.2) is 36.4 Å². The van der Waals surface area contributed by atoms with Crippen LogP contribution in [0.5, 0.6) is 17.2 Å². The molecule has 0 aliphatic carbocycles. The van der Waals surface area contributed by atoms with E-state index in [-0.39, 0.29) is 12.7 Å². The molecule has 2 heterocycles. The lowest BCUT2D eigenvalue weighted by molar-refractivity contribution is 0.0966. The number of carbonyl (C=O) groups excluding carboxylic acids is 1. The summed E-state index contributed by atoms with van der Waals surface area (Å²) in [6.07, 6.45) is 0. The summed E-state index contributed by atoms with van der Waals surface area (Å²) in [7, 11) is 1.67. The molecule has 0 fully saturated rings. The van der Waals surface area contributed by atoms with E-state index in [0.717, 1.165) is 55.8 Å². The van der Waals surface area contributed by atoms with Crippen molar-refractivity contribution in [3.63, 3.8) is 0 Å². The van der Waals surface area contributed by atoms with Crippen LogP contribution < -0.4 is 19.5 Å². The zero-order valence-electron chi connectivity index (χ0n) is 14.5. The number of hydrogen-bond acceptors (Lipinski definition) is 4. The van der Waals surface area contributed by atoms with Gasteiger partial charge in [0.15, 0.2) is 11.5 Å². The average Bonchev–Trinajstić information content (AvgIpc) is 3.25. The quantitative estimate of drug-likeness (QED) is 0.766. The van der Waals surface area contributed by atoms with Crippen molar-refractivity contribution in [1.29, 1.82) is 0 Å². The van der Waals surface area contributed by atoms with Crippen molar-refractivity contribution >= 4 is 16.7 Å². The Morgan fingerprint density at radius 1 is 1.08 bits per heavy atom. The number of ether oxygens (including phenoxy) is 3. The molecular formula is C21H17NO4. The first-order chi connectivity index (χ1) is 12.7. The largest absolute Gasteiger partial charge is 0.496 e. The molecule has 0 spiro atoms. The summed E-state index contributed by atoms with van der Waals surface area (Å²) in [5, 5.41) is 4.94. The maximum atomic E-state index is 12.3. The van der Waals surface area contributed by atoms with Crippen molar-refractivity contribution < 1.29 is 19.0 Å². The summed E-state index contributed by atoms with van der Waals surface area (Å²) < 4.78 is 16.7. The smallest absolute Gasteiger partial charge is 0.251 e. The SMILES string of the molecule is COc1cc(C)cc2cc3c(c(-c4ccc5c(c4)OCO5)c12)CNC3=O. The van der Waals surface area contributed by atoms with Gasteiger partial charge in [0.1, 0.15) is 5.75 Å². The lowest BCUT2D eigenvalue weighted by atomic mass is 9.89. The fourth-order valence-corrected chi connectivity index (χ4v) is 3.87. The summed E-state index contributed by atoms with van der Waals surface area (Å²) in [4.78, 5) is 12.3. The van der Waals surface area contributed by atoms with E-state index in [1.54, 1.807) is 7.11 Å². The van der Waals surface area contributed by atoms with E-state index in [1.807, 2.05) is 37.3 Å². The zero-order valence-corrected chi connectivity index (χ0v) is 14.5. The zero-order chi connectivity index (χ0) is 17.8. The second kappa shape index (κ2) is 5.39. The van der Waals surface area contributed by atoms with Crippen molar-refractivity contribution in [1.82, 2.24) is 5.32 Å². The second-order valence-electron chi connectivity index (χ2n) is 6.59. The van der Waals surface area contributed by atoms with Gasteiger partial charge in [0.25, 0.3) is 5.91 Å². The van der Waals surface area contributed by atoms with Crippen molar-refractivity contribution in [2.24, 2.45) is 0 Å². The van der Waals surface area contributed by atoms with Gasteiger partial charge in [-0.1, -0.05) is 12.1 Å². The van der Waals surface area contributed by atoms with Crippen LogP contribution >= 0.6 is 0 Å². The predicted molar refractivity (Wildman–Crippen MR) is 98.0 cm³/mol. The average molecular weight is 347 g/mol. The normalized spacial score (nSPS) is 14.5. The highest BCUT2D eigenvalue weighted by Crippen LogP contribution is 2.44. The number of benzene rings is 3. The lowest BCUT2D eigenvalue weighted by Crippen LogP contribution is -2.12. The molecule has 0 saturated carbocycles. The molecule has 0 saturated heterocycles. The first-order valence-corrected chi connectivity index (χ1v) is 8.48. The molecular weight excluding hydrogens is 330 g/mol. The lowest BCUT2D eigenvalue weighted by Gasteiger charge is -2.16. The number of aryl methyl sites for hydroxylation is 1. The molecule has 0 bridgehead atoms. The minimum atomic E-state index is -0.0376. The minimum Gasteiger partial charge on any atom is -0.496 e. The molecule has 3 aromatic carbocycles. The van der Waals surface area contributed by atoms with Crippen molar-refractivity contribution in [3.05, 3.63) is 53.1 Å². The topological polar surface area (TPSA) is 56.8 Å². The van der Waals surface area contributed by atoms with Gasteiger partial charge in [-0.25, -0.2) is 0 Å². The number of carbonyl (C=O) groups is 1. The number of rotatable bonds is 2. The molecule has 0 unspecified atom stereocenters. The molecule has 2 aliphatic rings. The first kappa shape index (κ1) is 15.1. The van der Waals surface area contributed by atoms with E-state index in [0.29, 0.717) is 6.54 Å². The van der Waals surface area contributed by atoms with Gasteiger partial charge in [-0.05, 0) is 58.8 Å². The van der Waals surface area contributed by atoms with E-state index >= 15 is 0 Å². The van der Waals surface area contributed by atoms with Gasteiger partial charge in [0.05, 0.1) is 7.11 Å². The van der Waals surface area contributed by atoms with Gasteiger partial charge in [-0.3, -0.25) is 4.79 Å². The van der Waals surface area contributed by atoms with E-state index in [2.05, 4.69) is 11.4 Å². The highest BCUT2D eigenvalue weighted by molar-refractivity contribution is 6.11. The van der Waals surface area contributed by atoms with E-state index in [9.17, 15) is 4.79 Å². The Labute approximate surface area is 150 Å². The predicted octanol–water partition coefficient (Wildman–Crippen LogP) is 3.80. The number of methoxy groups -OCH3 is 1. The van der Waals surface area contributed by atoms with Crippen LogP contribution in [0.25, 0.3) is 21.9 Å². The summed E-state index contributed by atoms with van der Waals surface area (Å²) >= 11 is 0. The Morgan fingerprint density at radius 3 is 2.77 bits per heavy atom. The maximum Gasteiger partial charge on any atom is 0.251 e. The Bertz CT molecular complexity index is 1090. The monoisotopic (exact) mass is 347 g/mol. The molecule has 130 valence electrons. The molecule has 5 rings (SSSR count). The van der Waals surface area contributed by atoms with Crippen LogP contribution in [0.4, 0.5) is 0 Å². The highest BCUT2D eigenvalue weighted by Gasteiger charge is 2.27. The molecule has 0 atom stereocenters. The Morgan fingerprint density at radius 2 is 1.92 bits per heavy atom. The Kier molecular flexibility index (Phi) is 3.13. The molecule has 0 aromatic heterocycles. The number of amides is 1. The first-order valence-electron chi connectivity index (χ1n) is 8.48. The third-order valence-electron chi connectivity index (χ3n) is 5.01. The highest BCUT2D eigenvalue weighted by atomic mass is 16.7. The summed E-state index contributed by atoms with van der Waals surface area (Å²) in [6, 6.07) is 12.0. The Hall–Kier alpha value is -3.21. The molecule has 1 amide bonds. The van der Waals surface area contributed by atoms with Crippen LogP contribution in [0.3, 0.4) is 0 Å². The van der Waals surface area contributed by atoms with Crippen LogP contribution in [0.1, 0.15) is 21.5 Å². The van der Waals surface area contributed by atoms with Gasteiger partial charge < -0.3 is 19.5 Å². The molecule has 5 heteroatoms. The summed E-state index contributed by atoms with van der Waals surface area (Å²) in [5.41, 5.74) is 4.78. The standard InChI is InChI=1S/C21H17NO4/c1-11-5-13-7-14-15(9-22-21(14)23)19(20(13)18(6-11)24-2)12-3-4-16-17(8-12)26-10-25-16/h3-8H,9-10H2,1-2H3,(H,22,23). The fourth-order valence-electron chi connectivity index (χ4n) is 3.87. The van der Waals surface area contributed by atoms with Crippen LogP contribution in [-0.2, 0) is 6.54 Å². The number of fused-ring (bicyclic) bond motifs is 3.